The van der Waals surface area contributed by atoms with Crippen LogP contribution in [-0.2, 0) is 0 Å². The highest BCUT2D eigenvalue weighted by atomic mass is 14.9. The summed E-state index contributed by atoms with van der Waals surface area (Å²) in [6.07, 6.45) is 27.9. The molecular weight excluding hydrogens is 1780 g/mol. The Hall–Kier alpha value is -22.6. The highest BCUT2D eigenvalue weighted by molar-refractivity contribution is 6.36. The summed E-state index contributed by atoms with van der Waals surface area (Å²) < 4.78 is 0. The van der Waals surface area contributed by atoms with Crippen molar-refractivity contribution in [1.82, 2.24) is 59.8 Å². The number of aromatic nitrogens is 12. The van der Waals surface area contributed by atoms with Crippen LogP contribution in [-0.4, -0.2) is 59.8 Å². The van der Waals surface area contributed by atoms with Crippen molar-refractivity contribution in [2.24, 2.45) is 0 Å². The van der Waals surface area contributed by atoms with Crippen LogP contribution in [0.3, 0.4) is 0 Å². The average Bonchev–Trinajstić information content (AvgIpc) is 0.712. The first-order valence-electron chi connectivity index (χ1n) is 44.3. The second kappa shape index (κ2) is 36.3. The topological polar surface area (TPSA) is 324 Å². The SMILES string of the molecule is [C-]#[N+]c1cc(-c2cc(-c3ccncc3[N+]#[C-])c3ccc4c(-c5ccnc(C#N)c5)cc(-c5ccnc(C#N)c5)c5ccc2c3c54)ccn1.[C-]#[N+]c1ccnc(-c2cc(-c3ncccc3[N+]#[C-])c3ccc4c(-c5cc(C#N)ccn5)cc(-c5cc(C#N)ccn5)c5ccc2c3c54)c1.[C-]#[N+]c1cncc(-c2cc(-c3cnccc3[N+]#[C-])c3ccc4c(-c5cncc(C#N)c5)cc(-c5cncc(C#N)c5)c5ccc2c3c54)c1. The number of pyridine rings is 12. The molecule has 0 fully saturated rings. The fraction of sp³-hybridized carbons (Fsp3) is 0. The van der Waals surface area contributed by atoms with E-state index in [0.29, 0.717) is 90.4 Å². The molecule has 12 aromatic heterocycles. The molecule has 24 rings (SSSR count). The molecule has 0 aliphatic rings. The number of benzene rings is 12. The summed E-state index contributed by atoms with van der Waals surface area (Å²) in [5.74, 6) is 0.284. The van der Waals surface area contributed by atoms with Gasteiger partial charge in [0, 0.05) is 133 Å². The summed E-state index contributed by atoms with van der Waals surface area (Å²) in [6.45, 7) is 46.6. The molecule has 0 radical (unpaired) electrons. The van der Waals surface area contributed by atoms with Gasteiger partial charge in [-0.2, -0.15) is 31.6 Å². The molecule has 12 heterocycles. The molecule has 24 nitrogen and oxygen atoms in total. The van der Waals surface area contributed by atoms with Gasteiger partial charge in [0.2, 0.25) is 17.1 Å². The van der Waals surface area contributed by atoms with Crippen molar-refractivity contribution < 1.29 is 0 Å². The average molecular weight is 1830 g/mol. The van der Waals surface area contributed by atoms with Crippen LogP contribution < -0.4 is 0 Å². The monoisotopic (exact) mass is 1830 g/mol. The normalized spacial score (nSPS) is 10.8. The van der Waals surface area contributed by atoms with E-state index in [1.807, 2.05) is 66.7 Å². The summed E-state index contributed by atoms with van der Waals surface area (Å²) >= 11 is 0. The Kier molecular flexibility index (Phi) is 21.9. The maximum absolute atomic E-state index is 9.72. The van der Waals surface area contributed by atoms with E-state index in [9.17, 15) is 31.6 Å². The minimum absolute atomic E-state index is 0.284. The highest BCUT2D eigenvalue weighted by Gasteiger charge is 2.29. The molecule has 0 atom stereocenters. The van der Waals surface area contributed by atoms with Gasteiger partial charge >= 0.3 is 0 Å². The van der Waals surface area contributed by atoms with Gasteiger partial charge in [-0.1, -0.05) is 91.5 Å². The zero-order valence-corrected chi connectivity index (χ0v) is 74.9. The summed E-state index contributed by atoms with van der Waals surface area (Å²) in [6, 6.07) is 84.2. The second-order valence-electron chi connectivity index (χ2n) is 33.4. The molecule has 24 aromatic rings. The number of hydrogen-bond acceptors (Lipinski definition) is 18. The van der Waals surface area contributed by atoms with Crippen LogP contribution in [0.5, 0.6) is 0 Å². The summed E-state index contributed by atoms with van der Waals surface area (Å²) in [5.41, 5.74) is 23.4. The Morgan fingerprint density at radius 1 is 0.201 bits per heavy atom. The molecule has 0 bridgehead atoms. The van der Waals surface area contributed by atoms with Gasteiger partial charge < -0.3 is 4.85 Å². The van der Waals surface area contributed by atoms with E-state index in [2.05, 4.69) is 210 Å². The van der Waals surface area contributed by atoms with E-state index in [0.717, 1.165) is 203 Å². The second-order valence-corrected chi connectivity index (χ2v) is 33.4. The van der Waals surface area contributed by atoms with Gasteiger partial charge in [-0.3, -0.25) is 44.9 Å². The van der Waals surface area contributed by atoms with Gasteiger partial charge in [0.05, 0.1) is 90.0 Å². The standard InChI is InChI=1S/3C40H18N8/c1-43-37-22-45-11-10-28(37)36-19-35(25-9-14-48-38(17-25)44-2)31-4-3-29-33(23-7-12-46-26(15-23)20-41)18-34(24-8-13-47-27(16-24)21-42)30-5-6-32(36)40(31)39(29)30;1-43-28-11-27(20-48-21-28)35-13-36(37-22-45-8-7-38(37)44-2)32-6-5-30-34(26-10-24(15-42)17-47-19-26)12-33(25-9-23(14-41)16-46-18-25)29-3-4-31(35)40(32)39(29)30;1-43-25-11-15-47-37(18-25)32-20-33(40-34(44-2)4-3-12-48-40)29-8-7-27-31(36-17-24(22-42)10-14-46-36)19-30(35-16-23(21-41)9-13-45-35)26-5-6-28(32)39(29)38(26)27/h3-19,22H;3-13,16-22H;3-20H. The Balaban J connectivity index is 0.000000123. The number of nitriles is 6. The molecular formula is C120H54N24. The smallest absolute Gasteiger partial charge is 0.270 e. The Bertz CT molecular complexity index is 9060. The molecule has 0 unspecified atom stereocenters. The first-order valence-corrected chi connectivity index (χ1v) is 44.3. The number of nitrogens with zero attached hydrogens (tertiary/aromatic N) is 24. The Morgan fingerprint density at radius 3 is 1.05 bits per heavy atom. The van der Waals surface area contributed by atoms with Crippen molar-refractivity contribution >= 4 is 131 Å². The highest BCUT2D eigenvalue weighted by Crippen LogP contribution is 2.55. The maximum Gasteiger partial charge on any atom is 0.270 e. The molecule has 654 valence electrons. The summed E-state index contributed by atoms with van der Waals surface area (Å²) in [7, 11) is 0. The molecule has 12 aromatic carbocycles. The van der Waals surface area contributed by atoms with Gasteiger partial charge in [-0.25, -0.2) is 34.2 Å². The largest absolute Gasteiger partial charge is 0.361 e. The molecule has 0 aliphatic heterocycles. The van der Waals surface area contributed by atoms with E-state index in [4.69, 9.17) is 39.4 Å². The van der Waals surface area contributed by atoms with Crippen molar-refractivity contribution in [3.8, 4) is 170 Å². The third-order valence-electron chi connectivity index (χ3n) is 25.8. The minimum Gasteiger partial charge on any atom is -0.361 e. The van der Waals surface area contributed by atoms with E-state index in [1.165, 1.54) is 18.6 Å². The van der Waals surface area contributed by atoms with Gasteiger partial charge in [0.15, 0.2) is 11.4 Å². The van der Waals surface area contributed by atoms with Crippen molar-refractivity contribution in [2.45, 2.75) is 0 Å². The van der Waals surface area contributed by atoms with Crippen LogP contribution in [0, 0.1) is 107 Å². The molecule has 24 heteroatoms. The van der Waals surface area contributed by atoms with Crippen LogP contribution in [0.2, 0.25) is 0 Å². The molecule has 0 N–H and O–H groups in total. The molecule has 0 saturated carbocycles. The third-order valence-corrected chi connectivity index (χ3v) is 25.8. The predicted molar refractivity (Wildman–Crippen MR) is 555 cm³/mol. The Labute approximate surface area is 819 Å². The molecule has 144 heavy (non-hydrogen) atoms. The molecule has 0 amide bonds. The van der Waals surface area contributed by atoms with Crippen LogP contribution >= 0.6 is 0 Å². The lowest BCUT2D eigenvalue weighted by molar-refractivity contribution is 1.26. The maximum atomic E-state index is 9.72. The van der Waals surface area contributed by atoms with Crippen molar-refractivity contribution in [3.05, 3.63) is 432 Å². The zero-order valence-electron chi connectivity index (χ0n) is 74.9. The van der Waals surface area contributed by atoms with Crippen LogP contribution in [0.1, 0.15) is 33.6 Å². The van der Waals surface area contributed by atoms with Crippen molar-refractivity contribution in [3.63, 3.8) is 0 Å². The minimum atomic E-state index is 0.284. The third kappa shape index (κ3) is 15.0. The lowest BCUT2D eigenvalue weighted by Crippen LogP contribution is -1.97. The predicted octanol–water partition coefficient (Wildman–Crippen LogP) is 29.0. The first kappa shape index (κ1) is 86.8. The van der Waals surface area contributed by atoms with E-state index in [1.54, 1.807) is 160 Å². The van der Waals surface area contributed by atoms with Crippen molar-refractivity contribution in [2.75, 3.05) is 0 Å². The quantitative estimate of drug-likeness (QED) is 0.0810. The van der Waals surface area contributed by atoms with Gasteiger partial charge in [-0.05, 0) is 314 Å². The zero-order chi connectivity index (χ0) is 98.3. The van der Waals surface area contributed by atoms with Gasteiger partial charge in [-0.15, -0.1) is 4.98 Å². The molecule has 0 saturated heterocycles. The number of rotatable bonds is 12. The van der Waals surface area contributed by atoms with E-state index in [-0.39, 0.29) is 5.82 Å². The number of hydrogen-bond donors (Lipinski definition) is 0. The van der Waals surface area contributed by atoms with Gasteiger partial charge in [0.1, 0.15) is 41.9 Å². The fourth-order valence-electron chi connectivity index (χ4n) is 19.6. The molecule has 0 aliphatic carbocycles. The Morgan fingerprint density at radius 2 is 0.583 bits per heavy atom. The van der Waals surface area contributed by atoms with Crippen molar-refractivity contribution in [1.29, 1.82) is 31.6 Å². The van der Waals surface area contributed by atoms with E-state index >= 15 is 0 Å². The fourth-order valence-corrected chi connectivity index (χ4v) is 19.6. The van der Waals surface area contributed by atoms with Gasteiger partial charge in [0.25, 0.3) is 5.82 Å². The molecule has 0 spiro atoms. The van der Waals surface area contributed by atoms with Crippen LogP contribution in [0.25, 0.3) is 260 Å². The summed E-state index contributed by atoms with van der Waals surface area (Å²) in [4.78, 5) is 75.3. The van der Waals surface area contributed by atoms with Crippen LogP contribution in [0.4, 0.5) is 34.3 Å². The lowest BCUT2D eigenvalue weighted by atomic mass is 9.82. The van der Waals surface area contributed by atoms with Crippen LogP contribution in [0.15, 0.2) is 330 Å². The van der Waals surface area contributed by atoms with E-state index < -0.39 is 0 Å². The summed E-state index contributed by atoms with van der Waals surface area (Å²) in [5, 5.41) is 75.2. The first-order chi connectivity index (χ1) is 70.8. The lowest BCUT2D eigenvalue weighted by Gasteiger charge is -2.21.